The summed E-state index contributed by atoms with van der Waals surface area (Å²) in [7, 11) is 0. The predicted molar refractivity (Wildman–Crippen MR) is 85.2 cm³/mol. The van der Waals surface area contributed by atoms with Crippen LogP contribution < -0.4 is 10.6 Å². The fraction of sp³-hybridized carbons (Fsp3) is 0.125. The molecule has 0 spiro atoms. The van der Waals surface area contributed by atoms with Gasteiger partial charge >= 0.3 is 0 Å². The second kappa shape index (κ2) is 5.69. The Labute approximate surface area is 130 Å². The number of fused-ring (bicyclic) bond motifs is 1. The molecular weight excluding hydrogens is 332 g/mol. The van der Waals surface area contributed by atoms with Crippen molar-refractivity contribution in [2.75, 3.05) is 10.6 Å². The van der Waals surface area contributed by atoms with E-state index in [0.717, 1.165) is 21.4 Å². The van der Waals surface area contributed by atoms with Crippen LogP contribution in [0.15, 0.2) is 53.0 Å². The molecule has 2 aromatic rings. The summed E-state index contributed by atoms with van der Waals surface area (Å²) >= 11 is 3.34. The number of nitrogens with one attached hydrogen (secondary N) is 2. The topological polar surface area (TPSA) is 58.2 Å². The molecule has 0 aromatic heterocycles. The molecule has 1 unspecified atom stereocenters. The van der Waals surface area contributed by atoms with Gasteiger partial charge in [0, 0.05) is 22.3 Å². The van der Waals surface area contributed by atoms with E-state index in [1.165, 1.54) is 0 Å². The summed E-state index contributed by atoms with van der Waals surface area (Å²) in [6.45, 7) is 0. The van der Waals surface area contributed by atoms with Gasteiger partial charge < -0.3 is 10.6 Å². The number of para-hydroxylation sites is 1. The Kier molecular flexibility index (Phi) is 3.75. The smallest absolute Gasteiger partial charge is 0.232 e. The highest BCUT2D eigenvalue weighted by Gasteiger charge is 2.31. The van der Waals surface area contributed by atoms with Crippen molar-refractivity contribution in [3.63, 3.8) is 0 Å². The van der Waals surface area contributed by atoms with Crippen LogP contribution in [0.4, 0.5) is 11.4 Å². The minimum atomic E-state index is -0.420. The molecule has 0 aliphatic carbocycles. The van der Waals surface area contributed by atoms with Gasteiger partial charge in [0.2, 0.25) is 11.8 Å². The monoisotopic (exact) mass is 344 g/mol. The summed E-state index contributed by atoms with van der Waals surface area (Å²) in [5.41, 5.74) is 2.40. The maximum Gasteiger partial charge on any atom is 0.232 e. The van der Waals surface area contributed by atoms with Crippen LogP contribution in [0.5, 0.6) is 0 Å². The van der Waals surface area contributed by atoms with E-state index in [9.17, 15) is 9.59 Å². The molecule has 3 rings (SSSR count). The quantitative estimate of drug-likeness (QED) is 0.894. The maximum atomic E-state index is 12.1. The highest BCUT2D eigenvalue weighted by Crippen LogP contribution is 2.34. The summed E-state index contributed by atoms with van der Waals surface area (Å²) in [4.78, 5) is 24.1. The first kappa shape index (κ1) is 13.8. The third kappa shape index (κ3) is 2.97. The third-order valence-corrected chi connectivity index (χ3v) is 3.96. The van der Waals surface area contributed by atoms with Crippen LogP contribution >= 0.6 is 15.9 Å². The van der Waals surface area contributed by atoms with Crippen molar-refractivity contribution in [1.29, 1.82) is 0 Å². The molecule has 1 atom stereocenters. The predicted octanol–water partition coefficient (Wildman–Crippen LogP) is 3.51. The lowest BCUT2D eigenvalue weighted by Gasteiger charge is -2.09. The van der Waals surface area contributed by atoms with E-state index in [1.807, 2.05) is 48.5 Å². The molecule has 0 fully saturated rings. The zero-order valence-corrected chi connectivity index (χ0v) is 12.7. The molecule has 0 saturated heterocycles. The van der Waals surface area contributed by atoms with E-state index in [4.69, 9.17) is 0 Å². The zero-order chi connectivity index (χ0) is 14.8. The van der Waals surface area contributed by atoms with Crippen molar-refractivity contribution in [3.8, 4) is 0 Å². The Balaban J connectivity index is 1.70. The Morgan fingerprint density at radius 3 is 2.62 bits per heavy atom. The largest absolute Gasteiger partial charge is 0.326 e. The van der Waals surface area contributed by atoms with Crippen molar-refractivity contribution >= 4 is 39.1 Å². The average molecular weight is 345 g/mol. The zero-order valence-electron chi connectivity index (χ0n) is 11.1. The molecule has 1 aliphatic heterocycles. The molecule has 106 valence electrons. The number of anilines is 2. The van der Waals surface area contributed by atoms with Gasteiger partial charge in [-0.15, -0.1) is 0 Å². The molecule has 0 saturated carbocycles. The van der Waals surface area contributed by atoms with Crippen molar-refractivity contribution < 1.29 is 9.59 Å². The summed E-state index contributed by atoms with van der Waals surface area (Å²) in [5, 5.41) is 5.61. The number of amides is 2. The van der Waals surface area contributed by atoms with Crippen molar-refractivity contribution in [2.24, 2.45) is 0 Å². The van der Waals surface area contributed by atoms with Crippen LogP contribution in [0.25, 0.3) is 0 Å². The fourth-order valence-electron chi connectivity index (χ4n) is 2.41. The minimum Gasteiger partial charge on any atom is -0.326 e. The molecule has 21 heavy (non-hydrogen) atoms. The fourth-order valence-corrected chi connectivity index (χ4v) is 2.67. The normalized spacial score (nSPS) is 16.2. The number of rotatable bonds is 3. The van der Waals surface area contributed by atoms with Gasteiger partial charge in [0.1, 0.15) is 0 Å². The lowest BCUT2D eigenvalue weighted by molar-refractivity contribution is -0.122. The highest BCUT2D eigenvalue weighted by atomic mass is 79.9. The second-order valence-electron chi connectivity index (χ2n) is 4.89. The van der Waals surface area contributed by atoms with Crippen LogP contribution in [0.1, 0.15) is 17.9 Å². The molecule has 2 amide bonds. The van der Waals surface area contributed by atoms with Gasteiger partial charge in [-0.2, -0.15) is 0 Å². The lowest BCUT2D eigenvalue weighted by Crippen LogP contribution is -2.20. The number of benzene rings is 2. The maximum absolute atomic E-state index is 12.1. The van der Waals surface area contributed by atoms with Crippen molar-refractivity contribution in [3.05, 3.63) is 58.6 Å². The number of hydrogen-bond acceptors (Lipinski definition) is 2. The highest BCUT2D eigenvalue weighted by molar-refractivity contribution is 9.10. The molecule has 1 heterocycles. The average Bonchev–Trinajstić information content (AvgIpc) is 2.78. The van der Waals surface area contributed by atoms with Crippen LogP contribution in [-0.4, -0.2) is 11.8 Å². The molecule has 4 nitrogen and oxygen atoms in total. The third-order valence-electron chi connectivity index (χ3n) is 3.43. The van der Waals surface area contributed by atoms with Gasteiger partial charge in [0.05, 0.1) is 5.92 Å². The molecule has 0 bridgehead atoms. The van der Waals surface area contributed by atoms with Crippen molar-refractivity contribution in [2.45, 2.75) is 12.3 Å². The number of carbonyl (C=O) groups excluding carboxylic acids is 2. The number of hydrogen-bond donors (Lipinski definition) is 2. The van der Waals surface area contributed by atoms with Crippen LogP contribution in [0.3, 0.4) is 0 Å². The summed E-state index contributed by atoms with van der Waals surface area (Å²) < 4.78 is 0.949. The first-order valence-electron chi connectivity index (χ1n) is 6.59. The van der Waals surface area contributed by atoms with E-state index in [1.54, 1.807) is 0 Å². The molecule has 0 radical (unpaired) electrons. The van der Waals surface area contributed by atoms with Gasteiger partial charge in [-0.1, -0.05) is 34.1 Å². The lowest BCUT2D eigenvalue weighted by atomic mass is 9.97. The Morgan fingerprint density at radius 2 is 1.86 bits per heavy atom. The van der Waals surface area contributed by atoms with Gasteiger partial charge in [0.25, 0.3) is 0 Å². The summed E-state index contributed by atoms with van der Waals surface area (Å²) in [5.74, 6) is -0.715. The molecule has 1 aliphatic rings. The molecule has 2 aromatic carbocycles. The van der Waals surface area contributed by atoms with E-state index < -0.39 is 5.92 Å². The van der Waals surface area contributed by atoms with Gasteiger partial charge in [0.15, 0.2) is 0 Å². The van der Waals surface area contributed by atoms with Crippen LogP contribution in [0, 0.1) is 0 Å². The van der Waals surface area contributed by atoms with Gasteiger partial charge in [-0.05, 0) is 35.9 Å². The van der Waals surface area contributed by atoms with Crippen LogP contribution in [0.2, 0.25) is 0 Å². The first-order chi connectivity index (χ1) is 10.1. The Morgan fingerprint density at radius 1 is 1.14 bits per heavy atom. The standard InChI is InChI=1S/C16H13BrN2O2/c17-10-5-7-11(8-6-10)18-15(20)9-13-12-3-1-2-4-14(12)19-16(13)21/h1-8,13H,9H2,(H,18,20)(H,19,21). The van der Waals surface area contributed by atoms with E-state index >= 15 is 0 Å². The van der Waals surface area contributed by atoms with E-state index in [-0.39, 0.29) is 18.2 Å². The van der Waals surface area contributed by atoms with Crippen molar-refractivity contribution in [1.82, 2.24) is 0 Å². The molecule has 5 heteroatoms. The van der Waals surface area contributed by atoms with E-state index in [2.05, 4.69) is 26.6 Å². The molecule has 2 N–H and O–H groups in total. The minimum absolute atomic E-state index is 0.123. The van der Waals surface area contributed by atoms with E-state index in [0.29, 0.717) is 0 Å². The van der Waals surface area contributed by atoms with Gasteiger partial charge in [-0.25, -0.2) is 0 Å². The first-order valence-corrected chi connectivity index (χ1v) is 7.38. The second-order valence-corrected chi connectivity index (χ2v) is 5.80. The Bertz CT molecular complexity index is 698. The summed E-state index contributed by atoms with van der Waals surface area (Å²) in [6, 6.07) is 14.8. The Hall–Kier alpha value is -2.14. The summed E-state index contributed by atoms with van der Waals surface area (Å²) in [6.07, 6.45) is 0.138. The SMILES string of the molecule is O=C(CC1C(=O)Nc2ccccc21)Nc1ccc(Br)cc1. The number of halogens is 1. The van der Waals surface area contributed by atoms with Crippen LogP contribution in [-0.2, 0) is 9.59 Å². The number of carbonyl (C=O) groups is 2. The van der Waals surface area contributed by atoms with Gasteiger partial charge in [-0.3, -0.25) is 9.59 Å². The molecular formula is C16H13BrN2O2.